The number of nitrogens with one attached hydrogen (secondary N) is 1. The Morgan fingerprint density at radius 2 is 2.50 bits per heavy atom. The van der Waals surface area contributed by atoms with Crippen LogP contribution in [0.4, 0.5) is 5.82 Å². The zero-order valence-electron chi connectivity index (χ0n) is 6.45. The largest absolute Gasteiger partial charge is 0.384 e. The van der Waals surface area contributed by atoms with Gasteiger partial charge in [-0.2, -0.15) is 5.10 Å². The minimum Gasteiger partial charge on any atom is -0.384 e. The monoisotopic (exact) mass is 179 g/mol. The molecule has 0 spiro atoms. The van der Waals surface area contributed by atoms with E-state index in [4.69, 9.17) is 5.73 Å². The van der Waals surface area contributed by atoms with E-state index >= 15 is 0 Å². The highest BCUT2D eigenvalue weighted by atomic mass is 32.1. The van der Waals surface area contributed by atoms with Gasteiger partial charge in [-0.3, -0.25) is 5.10 Å². The van der Waals surface area contributed by atoms with Gasteiger partial charge in [-0.1, -0.05) is 6.07 Å². The Balaban J connectivity index is 2.20. The summed E-state index contributed by atoms with van der Waals surface area (Å²) < 4.78 is 0. The van der Waals surface area contributed by atoms with Crippen LogP contribution in [0.5, 0.6) is 0 Å². The summed E-state index contributed by atoms with van der Waals surface area (Å²) in [5, 5.41) is 8.63. The molecule has 0 unspecified atom stereocenters. The fraction of sp³-hybridized carbons (Fsp3) is 0.125. The summed E-state index contributed by atoms with van der Waals surface area (Å²) in [5.74, 6) is 0.670. The summed E-state index contributed by atoms with van der Waals surface area (Å²) in [6.07, 6.45) is 2.65. The molecule has 0 aliphatic carbocycles. The molecule has 0 aromatic carbocycles. The number of anilines is 1. The molecule has 0 radical (unpaired) electrons. The fourth-order valence-corrected chi connectivity index (χ4v) is 1.79. The fourth-order valence-electron chi connectivity index (χ4n) is 1.06. The van der Waals surface area contributed by atoms with Crippen LogP contribution in [0, 0.1) is 0 Å². The lowest BCUT2D eigenvalue weighted by Crippen LogP contribution is -1.91. The molecular weight excluding hydrogens is 170 g/mol. The van der Waals surface area contributed by atoms with Crippen molar-refractivity contribution in [2.45, 2.75) is 6.42 Å². The molecule has 2 aromatic rings. The lowest BCUT2D eigenvalue weighted by atomic mass is 10.2. The molecule has 2 rings (SSSR count). The zero-order valence-corrected chi connectivity index (χ0v) is 7.27. The molecule has 0 saturated carbocycles. The van der Waals surface area contributed by atoms with Gasteiger partial charge in [0.15, 0.2) is 0 Å². The lowest BCUT2D eigenvalue weighted by molar-refractivity contribution is 1.10. The Bertz CT molecular complexity index is 350. The van der Waals surface area contributed by atoms with Gasteiger partial charge < -0.3 is 5.73 Å². The van der Waals surface area contributed by atoms with Gasteiger partial charge in [0.1, 0.15) is 5.82 Å². The molecule has 0 saturated heterocycles. The highest BCUT2D eigenvalue weighted by molar-refractivity contribution is 7.09. The number of thiophene rings is 1. The van der Waals surface area contributed by atoms with Crippen LogP contribution >= 0.6 is 11.3 Å². The van der Waals surface area contributed by atoms with Crippen molar-refractivity contribution in [3.8, 4) is 0 Å². The van der Waals surface area contributed by atoms with Crippen molar-refractivity contribution in [1.29, 1.82) is 0 Å². The molecule has 2 aromatic heterocycles. The van der Waals surface area contributed by atoms with Gasteiger partial charge in [0.2, 0.25) is 0 Å². The van der Waals surface area contributed by atoms with Crippen LogP contribution in [0.1, 0.15) is 10.4 Å². The number of hydrogen-bond donors (Lipinski definition) is 2. The SMILES string of the molecule is Nc1[nH]ncc1Cc1cccs1. The maximum atomic E-state index is 5.64. The van der Waals surface area contributed by atoms with Crippen LogP contribution in [0.3, 0.4) is 0 Å². The summed E-state index contributed by atoms with van der Waals surface area (Å²) >= 11 is 1.73. The first-order chi connectivity index (χ1) is 5.86. The van der Waals surface area contributed by atoms with Crippen molar-refractivity contribution < 1.29 is 0 Å². The van der Waals surface area contributed by atoms with Crippen LogP contribution in [-0.4, -0.2) is 10.2 Å². The van der Waals surface area contributed by atoms with E-state index in [-0.39, 0.29) is 0 Å². The van der Waals surface area contributed by atoms with E-state index in [2.05, 4.69) is 21.6 Å². The Labute approximate surface area is 74.2 Å². The van der Waals surface area contributed by atoms with Crippen LogP contribution in [0.15, 0.2) is 23.7 Å². The Morgan fingerprint density at radius 3 is 3.08 bits per heavy atom. The number of H-pyrrole nitrogens is 1. The molecule has 3 nitrogen and oxygen atoms in total. The summed E-state index contributed by atoms with van der Waals surface area (Å²) in [6, 6.07) is 4.13. The molecule has 3 N–H and O–H groups in total. The third-order valence-corrected chi connectivity index (χ3v) is 2.57. The molecule has 0 atom stereocenters. The van der Waals surface area contributed by atoms with E-state index in [0.29, 0.717) is 5.82 Å². The van der Waals surface area contributed by atoms with Crippen LogP contribution in [0.25, 0.3) is 0 Å². The van der Waals surface area contributed by atoms with E-state index in [0.717, 1.165) is 12.0 Å². The van der Waals surface area contributed by atoms with Crippen LogP contribution in [0.2, 0.25) is 0 Å². The summed E-state index contributed by atoms with van der Waals surface area (Å²) in [6.45, 7) is 0. The van der Waals surface area contributed by atoms with Gasteiger partial charge in [-0.15, -0.1) is 11.3 Å². The highest BCUT2D eigenvalue weighted by Gasteiger charge is 2.02. The third-order valence-electron chi connectivity index (χ3n) is 1.70. The number of hydrogen-bond acceptors (Lipinski definition) is 3. The number of nitrogen functional groups attached to an aromatic ring is 1. The smallest absolute Gasteiger partial charge is 0.122 e. The van der Waals surface area contributed by atoms with E-state index in [9.17, 15) is 0 Å². The second kappa shape index (κ2) is 2.98. The predicted molar refractivity (Wildman–Crippen MR) is 50.1 cm³/mol. The second-order valence-corrected chi connectivity index (χ2v) is 3.60. The number of nitrogens with zero attached hydrogens (tertiary/aromatic N) is 1. The molecule has 0 aliphatic rings. The summed E-state index contributed by atoms with van der Waals surface area (Å²) in [4.78, 5) is 1.31. The molecule has 4 heteroatoms. The molecular formula is C8H9N3S. The first-order valence-corrected chi connectivity index (χ1v) is 4.54. The van der Waals surface area contributed by atoms with Crippen LogP contribution < -0.4 is 5.73 Å². The zero-order chi connectivity index (χ0) is 8.39. The number of rotatable bonds is 2. The average Bonchev–Trinajstić information content (AvgIpc) is 2.65. The van der Waals surface area contributed by atoms with Gasteiger partial charge in [0, 0.05) is 16.9 Å². The minimum absolute atomic E-state index is 0.670. The van der Waals surface area contributed by atoms with Crippen molar-refractivity contribution in [2.24, 2.45) is 0 Å². The molecule has 12 heavy (non-hydrogen) atoms. The van der Waals surface area contributed by atoms with Crippen molar-refractivity contribution in [2.75, 3.05) is 5.73 Å². The Kier molecular flexibility index (Phi) is 1.83. The van der Waals surface area contributed by atoms with Crippen molar-refractivity contribution in [1.82, 2.24) is 10.2 Å². The minimum atomic E-state index is 0.670. The summed E-state index contributed by atoms with van der Waals surface area (Å²) in [7, 11) is 0. The first-order valence-electron chi connectivity index (χ1n) is 3.66. The molecule has 0 fully saturated rings. The van der Waals surface area contributed by atoms with E-state index in [1.165, 1.54) is 4.88 Å². The van der Waals surface area contributed by atoms with Gasteiger partial charge in [0.05, 0.1) is 6.20 Å². The van der Waals surface area contributed by atoms with E-state index in [1.54, 1.807) is 17.5 Å². The number of aromatic nitrogens is 2. The second-order valence-electron chi connectivity index (χ2n) is 2.57. The first kappa shape index (κ1) is 7.36. The normalized spacial score (nSPS) is 10.3. The standard InChI is InChI=1S/C8H9N3S/c9-8-6(5-10-11-8)4-7-2-1-3-12-7/h1-3,5H,4H2,(H3,9,10,11). The number of aromatic amines is 1. The van der Waals surface area contributed by atoms with Crippen molar-refractivity contribution in [3.63, 3.8) is 0 Å². The van der Waals surface area contributed by atoms with Gasteiger partial charge >= 0.3 is 0 Å². The molecule has 0 bridgehead atoms. The third kappa shape index (κ3) is 1.33. The lowest BCUT2D eigenvalue weighted by Gasteiger charge is -1.93. The average molecular weight is 179 g/mol. The Hall–Kier alpha value is -1.29. The number of nitrogens with two attached hydrogens (primary N) is 1. The maximum Gasteiger partial charge on any atom is 0.122 e. The van der Waals surface area contributed by atoms with Gasteiger partial charge in [-0.05, 0) is 11.4 Å². The molecule has 0 amide bonds. The van der Waals surface area contributed by atoms with Gasteiger partial charge in [0.25, 0.3) is 0 Å². The van der Waals surface area contributed by atoms with Crippen molar-refractivity contribution >= 4 is 17.2 Å². The molecule has 0 aliphatic heterocycles. The quantitative estimate of drug-likeness (QED) is 0.736. The summed E-state index contributed by atoms with van der Waals surface area (Å²) in [5.41, 5.74) is 6.71. The van der Waals surface area contributed by atoms with E-state index in [1.807, 2.05) is 6.07 Å². The predicted octanol–water partition coefficient (Wildman–Crippen LogP) is 1.64. The van der Waals surface area contributed by atoms with Gasteiger partial charge in [-0.25, -0.2) is 0 Å². The van der Waals surface area contributed by atoms with E-state index < -0.39 is 0 Å². The highest BCUT2D eigenvalue weighted by Crippen LogP contribution is 2.16. The molecule has 2 heterocycles. The molecule has 62 valence electrons. The van der Waals surface area contributed by atoms with Crippen molar-refractivity contribution in [3.05, 3.63) is 34.2 Å². The van der Waals surface area contributed by atoms with Crippen LogP contribution in [-0.2, 0) is 6.42 Å². The topological polar surface area (TPSA) is 54.7 Å². The maximum absolute atomic E-state index is 5.64. The Morgan fingerprint density at radius 1 is 1.58 bits per heavy atom.